The highest BCUT2D eigenvalue weighted by atomic mass is 79.9. The van der Waals surface area contributed by atoms with Crippen molar-refractivity contribution >= 4 is 16.1 Å². The van der Waals surface area contributed by atoms with E-state index in [1.54, 1.807) is 0 Å². The molecule has 3 heteroatoms. The fourth-order valence-electron chi connectivity index (χ4n) is 1.25. The maximum atomic E-state index is 3.40. The Morgan fingerprint density at radius 1 is 1.25 bits per heavy atom. The Morgan fingerprint density at radius 3 is 2.58 bits per heavy atom. The smallest absolute Gasteiger partial charge is 0.0857 e. The summed E-state index contributed by atoms with van der Waals surface area (Å²) in [5.41, 5.74) is 4.31. The van der Waals surface area contributed by atoms with Crippen LogP contribution in [0.25, 0.3) is 0 Å². The minimum atomic E-state index is 0.297. The number of hydrogen-bond donors (Lipinski definition) is 1. The molecule has 0 spiro atoms. The summed E-state index contributed by atoms with van der Waals surface area (Å²) in [5.74, 6) is 0. The van der Waals surface area contributed by atoms with Gasteiger partial charge in [-0.2, -0.15) is 0 Å². The van der Waals surface area contributed by atoms with Crippen molar-refractivity contribution in [3.8, 4) is 0 Å². The Bertz CT molecular complexity index is 284. The molecule has 0 saturated heterocycles. The maximum Gasteiger partial charge on any atom is 0.0857 e. The summed E-state index contributed by atoms with van der Waals surface area (Å²) < 4.78 is 1.89. The van der Waals surface area contributed by atoms with E-state index in [4.69, 9.17) is 0 Å². The standard InChI is InChI=1S/C9H9BrN2/c10-12-9(6-7-11-12)8-4-2-1-3-5-8/h1-7,9,11H. The monoisotopic (exact) mass is 224 g/mol. The summed E-state index contributed by atoms with van der Waals surface area (Å²) in [7, 11) is 0. The van der Waals surface area contributed by atoms with Gasteiger partial charge in [-0.1, -0.05) is 30.3 Å². The second-order valence-electron chi connectivity index (χ2n) is 2.65. The predicted octanol–water partition coefficient (Wildman–Crippen LogP) is 2.37. The molecule has 12 heavy (non-hydrogen) atoms. The molecule has 1 heterocycles. The van der Waals surface area contributed by atoms with Gasteiger partial charge in [0.2, 0.25) is 0 Å². The predicted molar refractivity (Wildman–Crippen MR) is 52.2 cm³/mol. The zero-order valence-electron chi connectivity index (χ0n) is 6.44. The van der Waals surface area contributed by atoms with Gasteiger partial charge >= 0.3 is 0 Å². The highest BCUT2D eigenvalue weighted by Crippen LogP contribution is 2.25. The molecule has 1 aromatic carbocycles. The molecule has 0 amide bonds. The van der Waals surface area contributed by atoms with E-state index >= 15 is 0 Å². The van der Waals surface area contributed by atoms with E-state index in [-0.39, 0.29) is 0 Å². The van der Waals surface area contributed by atoms with Crippen molar-refractivity contribution in [3.05, 3.63) is 48.2 Å². The van der Waals surface area contributed by atoms with Crippen LogP contribution in [0.4, 0.5) is 0 Å². The Kier molecular flexibility index (Phi) is 2.15. The van der Waals surface area contributed by atoms with Gasteiger partial charge in [0.05, 0.1) is 6.04 Å². The molecular formula is C9H9BrN2. The molecule has 1 N–H and O–H groups in total. The minimum absolute atomic E-state index is 0.297. The van der Waals surface area contributed by atoms with Gasteiger partial charge in [-0.25, -0.2) is 0 Å². The first kappa shape index (κ1) is 7.83. The zero-order valence-corrected chi connectivity index (χ0v) is 8.03. The minimum Gasteiger partial charge on any atom is -0.316 e. The lowest BCUT2D eigenvalue weighted by Crippen LogP contribution is -2.21. The third-order valence-electron chi connectivity index (χ3n) is 1.86. The van der Waals surface area contributed by atoms with Crippen molar-refractivity contribution in [1.82, 2.24) is 9.46 Å². The summed E-state index contributed by atoms with van der Waals surface area (Å²) in [6, 6.07) is 10.6. The number of hydrogen-bond acceptors (Lipinski definition) is 2. The summed E-state index contributed by atoms with van der Waals surface area (Å²) in [5, 5.41) is 0. The number of nitrogens with one attached hydrogen (secondary N) is 1. The van der Waals surface area contributed by atoms with E-state index < -0.39 is 0 Å². The van der Waals surface area contributed by atoms with Gasteiger partial charge in [0.25, 0.3) is 0 Å². The molecule has 1 aliphatic rings. The Morgan fingerprint density at radius 2 is 2.00 bits per heavy atom. The van der Waals surface area contributed by atoms with Gasteiger partial charge in [0, 0.05) is 22.3 Å². The third kappa shape index (κ3) is 1.38. The lowest BCUT2D eigenvalue weighted by Gasteiger charge is -2.16. The second-order valence-corrected chi connectivity index (χ2v) is 3.42. The molecule has 1 atom stereocenters. The molecule has 2 nitrogen and oxygen atoms in total. The number of rotatable bonds is 1. The van der Waals surface area contributed by atoms with Crippen molar-refractivity contribution in [1.29, 1.82) is 0 Å². The highest BCUT2D eigenvalue weighted by molar-refractivity contribution is 9.07. The topological polar surface area (TPSA) is 15.3 Å². The van der Waals surface area contributed by atoms with Gasteiger partial charge in [0.1, 0.15) is 0 Å². The van der Waals surface area contributed by atoms with Crippen LogP contribution >= 0.6 is 16.1 Å². The SMILES string of the molecule is BrN1NC=CC1c1ccccc1. The molecule has 1 unspecified atom stereocenters. The van der Waals surface area contributed by atoms with Crippen LogP contribution in [-0.2, 0) is 0 Å². The van der Waals surface area contributed by atoms with Gasteiger partial charge < -0.3 is 5.43 Å². The first-order chi connectivity index (χ1) is 5.88. The largest absolute Gasteiger partial charge is 0.316 e. The van der Waals surface area contributed by atoms with Gasteiger partial charge in [-0.3, -0.25) is 0 Å². The third-order valence-corrected chi connectivity index (χ3v) is 2.51. The van der Waals surface area contributed by atoms with Crippen molar-refractivity contribution in [2.24, 2.45) is 0 Å². The number of halogens is 1. The number of nitrogens with zero attached hydrogens (tertiary/aromatic N) is 1. The summed E-state index contributed by atoms with van der Waals surface area (Å²) in [6.45, 7) is 0. The van der Waals surface area contributed by atoms with Crippen LogP contribution in [0, 0.1) is 0 Å². The van der Waals surface area contributed by atoms with Gasteiger partial charge in [-0.05, 0) is 11.6 Å². The van der Waals surface area contributed by atoms with Crippen LogP contribution < -0.4 is 5.43 Å². The molecule has 1 aromatic rings. The molecule has 62 valence electrons. The van der Waals surface area contributed by atoms with Crippen LogP contribution in [0.3, 0.4) is 0 Å². The summed E-state index contributed by atoms with van der Waals surface area (Å²) >= 11 is 3.40. The molecular weight excluding hydrogens is 216 g/mol. The Labute approximate surface area is 80.2 Å². The van der Waals surface area contributed by atoms with Crippen molar-refractivity contribution in [3.63, 3.8) is 0 Å². The van der Waals surface area contributed by atoms with Gasteiger partial charge in [-0.15, -0.1) is 4.03 Å². The molecule has 0 aromatic heterocycles. The average molecular weight is 225 g/mol. The molecule has 0 radical (unpaired) electrons. The summed E-state index contributed by atoms with van der Waals surface area (Å²) in [6.07, 6.45) is 4.02. The van der Waals surface area contributed by atoms with Crippen molar-refractivity contribution in [2.45, 2.75) is 6.04 Å². The van der Waals surface area contributed by atoms with E-state index in [1.165, 1.54) is 5.56 Å². The Hall–Kier alpha value is -0.800. The molecule has 0 saturated carbocycles. The molecule has 2 rings (SSSR count). The second kappa shape index (κ2) is 3.29. The first-order valence-corrected chi connectivity index (χ1v) is 4.51. The lowest BCUT2D eigenvalue weighted by molar-refractivity contribution is 0.406. The van der Waals surface area contributed by atoms with Crippen LogP contribution in [-0.4, -0.2) is 4.03 Å². The maximum absolute atomic E-state index is 3.40. The quantitative estimate of drug-likeness (QED) is 0.738. The van der Waals surface area contributed by atoms with Crippen LogP contribution in [0.1, 0.15) is 11.6 Å². The average Bonchev–Trinajstić information content (AvgIpc) is 2.53. The number of benzene rings is 1. The molecule has 0 fully saturated rings. The highest BCUT2D eigenvalue weighted by Gasteiger charge is 2.17. The molecule has 0 bridgehead atoms. The fourth-order valence-corrected chi connectivity index (χ4v) is 1.74. The van der Waals surface area contributed by atoms with E-state index in [0.29, 0.717) is 6.04 Å². The fraction of sp³-hybridized carbons (Fsp3) is 0.111. The molecule has 1 aliphatic heterocycles. The van der Waals surface area contributed by atoms with Gasteiger partial charge in [0.15, 0.2) is 0 Å². The molecule has 0 aliphatic carbocycles. The number of hydrazine groups is 1. The van der Waals surface area contributed by atoms with Crippen LogP contribution in [0.15, 0.2) is 42.6 Å². The van der Waals surface area contributed by atoms with E-state index in [2.05, 4.69) is 39.8 Å². The van der Waals surface area contributed by atoms with Crippen LogP contribution in [0.5, 0.6) is 0 Å². The normalized spacial score (nSPS) is 22.6. The van der Waals surface area contributed by atoms with Crippen molar-refractivity contribution in [2.75, 3.05) is 0 Å². The summed E-state index contributed by atoms with van der Waals surface area (Å²) in [4.78, 5) is 0. The van der Waals surface area contributed by atoms with Crippen LogP contribution in [0.2, 0.25) is 0 Å². The van der Waals surface area contributed by atoms with E-state index in [0.717, 1.165) is 0 Å². The van der Waals surface area contributed by atoms with E-state index in [9.17, 15) is 0 Å². The van der Waals surface area contributed by atoms with E-state index in [1.807, 2.05) is 28.4 Å². The lowest BCUT2D eigenvalue weighted by atomic mass is 10.1. The Balaban J connectivity index is 2.25. The first-order valence-electron chi connectivity index (χ1n) is 3.81. The zero-order chi connectivity index (χ0) is 8.39. The van der Waals surface area contributed by atoms with Crippen molar-refractivity contribution < 1.29 is 0 Å².